The number of aliphatic carboxylic acids is 1. The minimum absolute atomic E-state index is 0.173. The maximum absolute atomic E-state index is 11.5. The van der Waals surface area contributed by atoms with Crippen LogP contribution in [0.4, 0.5) is 4.79 Å². The highest BCUT2D eigenvalue weighted by atomic mass is 16.4. The van der Waals surface area contributed by atoms with Gasteiger partial charge in [0.2, 0.25) is 0 Å². The minimum atomic E-state index is -1.03. The molecule has 2 amide bonds. The van der Waals surface area contributed by atoms with E-state index in [1.54, 1.807) is 0 Å². The Balaban J connectivity index is 2.34. The number of carboxylic acids is 1. The maximum atomic E-state index is 11.5. The molecule has 1 unspecified atom stereocenters. The van der Waals surface area contributed by atoms with Crippen LogP contribution in [0, 0.1) is 0 Å². The summed E-state index contributed by atoms with van der Waals surface area (Å²) in [5, 5.41) is 20.0. The summed E-state index contributed by atoms with van der Waals surface area (Å²) in [5.41, 5.74) is 0. The number of aromatic amines is 1. The first-order valence-electron chi connectivity index (χ1n) is 5.75. The van der Waals surface area contributed by atoms with Gasteiger partial charge < -0.3 is 15.7 Å². The molecule has 100 valence electrons. The van der Waals surface area contributed by atoms with Crippen LogP contribution >= 0.6 is 0 Å². The predicted octanol–water partition coefficient (Wildman–Crippen LogP) is 0.247. The van der Waals surface area contributed by atoms with Gasteiger partial charge in [0.25, 0.3) is 0 Å². The third-order valence-electron chi connectivity index (χ3n) is 2.33. The monoisotopic (exact) mass is 255 g/mol. The van der Waals surface area contributed by atoms with Crippen molar-refractivity contribution in [3.8, 4) is 0 Å². The van der Waals surface area contributed by atoms with E-state index in [1.807, 2.05) is 6.92 Å². The predicted molar refractivity (Wildman–Crippen MR) is 62.7 cm³/mol. The van der Waals surface area contributed by atoms with Gasteiger partial charge in [0.1, 0.15) is 18.2 Å². The number of hydrogen-bond donors (Lipinski definition) is 4. The lowest BCUT2D eigenvalue weighted by atomic mass is 10.1. The molecule has 0 aliphatic carbocycles. The van der Waals surface area contributed by atoms with E-state index in [0.29, 0.717) is 12.2 Å². The number of nitrogens with one attached hydrogen (secondary N) is 3. The number of unbranched alkanes of at least 4 members (excludes halogenated alkanes) is 1. The summed E-state index contributed by atoms with van der Waals surface area (Å²) in [7, 11) is 0. The van der Waals surface area contributed by atoms with Crippen LogP contribution in [-0.4, -0.2) is 38.3 Å². The molecular weight excluding hydrogens is 238 g/mol. The number of carbonyl (C=O) groups is 2. The Hall–Kier alpha value is -2.12. The molecule has 1 aromatic rings. The molecule has 0 spiro atoms. The largest absolute Gasteiger partial charge is 0.480 e. The van der Waals surface area contributed by atoms with Crippen molar-refractivity contribution in [1.82, 2.24) is 25.8 Å². The Bertz CT molecular complexity index is 379. The maximum Gasteiger partial charge on any atom is 0.326 e. The van der Waals surface area contributed by atoms with E-state index in [9.17, 15) is 9.59 Å². The average molecular weight is 255 g/mol. The van der Waals surface area contributed by atoms with Crippen molar-refractivity contribution in [3.05, 3.63) is 12.2 Å². The number of hydrogen-bond acceptors (Lipinski definition) is 4. The van der Waals surface area contributed by atoms with Crippen LogP contribution in [0.1, 0.15) is 32.0 Å². The number of carbonyl (C=O) groups excluding carboxylic acids is 1. The normalized spacial score (nSPS) is 11.8. The van der Waals surface area contributed by atoms with Crippen LogP contribution < -0.4 is 10.6 Å². The number of urea groups is 1. The summed E-state index contributed by atoms with van der Waals surface area (Å²) in [6.45, 7) is 2.13. The van der Waals surface area contributed by atoms with E-state index >= 15 is 0 Å². The number of aromatic nitrogens is 3. The molecule has 0 aliphatic rings. The number of H-pyrrole nitrogens is 1. The average Bonchev–Trinajstić information content (AvgIpc) is 2.84. The summed E-state index contributed by atoms with van der Waals surface area (Å²) in [6.07, 6.45) is 3.38. The van der Waals surface area contributed by atoms with E-state index < -0.39 is 18.0 Å². The molecule has 0 aliphatic heterocycles. The molecule has 8 nitrogen and oxygen atoms in total. The summed E-state index contributed by atoms with van der Waals surface area (Å²) < 4.78 is 0. The number of amides is 2. The van der Waals surface area contributed by atoms with E-state index in [0.717, 1.165) is 12.8 Å². The lowest BCUT2D eigenvalue weighted by molar-refractivity contribution is -0.139. The summed E-state index contributed by atoms with van der Waals surface area (Å²) in [4.78, 5) is 26.2. The van der Waals surface area contributed by atoms with E-state index in [1.165, 1.54) is 6.33 Å². The van der Waals surface area contributed by atoms with Crippen LogP contribution in [0.25, 0.3) is 0 Å². The Morgan fingerprint density at radius 3 is 2.89 bits per heavy atom. The summed E-state index contributed by atoms with van der Waals surface area (Å²) >= 11 is 0. The lowest BCUT2D eigenvalue weighted by Crippen LogP contribution is -2.45. The second kappa shape index (κ2) is 7.25. The quantitative estimate of drug-likeness (QED) is 0.556. The Morgan fingerprint density at radius 2 is 2.33 bits per heavy atom. The third-order valence-corrected chi connectivity index (χ3v) is 2.33. The summed E-state index contributed by atoms with van der Waals surface area (Å²) in [6, 6.07) is -1.39. The highest BCUT2D eigenvalue weighted by Gasteiger charge is 2.18. The molecule has 1 aromatic heterocycles. The van der Waals surface area contributed by atoms with Gasteiger partial charge in [-0.25, -0.2) is 14.6 Å². The molecule has 0 radical (unpaired) electrons. The lowest BCUT2D eigenvalue weighted by Gasteiger charge is -2.14. The zero-order valence-corrected chi connectivity index (χ0v) is 10.1. The zero-order chi connectivity index (χ0) is 13.4. The molecule has 1 heterocycles. The standard InChI is InChI=1S/C10H17N5O3/c1-2-3-4-7(9(16)17)14-10(18)11-5-8-12-6-13-15-8/h6-7H,2-5H2,1H3,(H,16,17)(H2,11,14,18)(H,12,13,15). The highest BCUT2D eigenvalue weighted by molar-refractivity contribution is 5.82. The van der Waals surface area contributed by atoms with E-state index in [4.69, 9.17) is 5.11 Å². The molecule has 18 heavy (non-hydrogen) atoms. The number of nitrogens with zero attached hydrogens (tertiary/aromatic N) is 2. The molecule has 8 heteroatoms. The molecule has 0 fully saturated rings. The van der Waals surface area contributed by atoms with Crippen molar-refractivity contribution in [1.29, 1.82) is 0 Å². The molecule has 4 N–H and O–H groups in total. The third kappa shape index (κ3) is 4.81. The molecule has 0 saturated heterocycles. The van der Waals surface area contributed by atoms with Crippen LogP contribution in [0.2, 0.25) is 0 Å². The Morgan fingerprint density at radius 1 is 1.56 bits per heavy atom. The van der Waals surface area contributed by atoms with Crippen molar-refractivity contribution in [3.63, 3.8) is 0 Å². The van der Waals surface area contributed by atoms with Crippen molar-refractivity contribution in [2.45, 2.75) is 38.8 Å². The second-order valence-electron chi connectivity index (χ2n) is 3.79. The van der Waals surface area contributed by atoms with Crippen molar-refractivity contribution in [2.75, 3.05) is 0 Å². The summed E-state index contributed by atoms with van der Waals surface area (Å²) in [5.74, 6) is -0.524. The van der Waals surface area contributed by atoms with Gasteiger partial charge in [-0.1, -0.05) is 19.8 Å². The van der Waals surface area contributed by atoms with Crippen molar-refractivity contribution >= 4 is 12.0 Å². The van der Waals surface area contributed by atoms with Crippen molar-refractivity contribution in [2.24, 2.45) is 0 Å². The Labute approximate surface area is 104 Å². The van der Waals surface area contributed by atoms with E-state index in [2.05, 4.69) is 25.8 Å². The van der Waals surface area contributed by atoms with Gasteiger partial charge in [-0.3, -0.25) is 5.10 Å². The SMILES string of the molecule is CCCCC(NC(=O)NCc1ncn[nH]1)C(=O)O. The van der Waals surface area contributed by atoms with Gasteiger partial charge in [0, 0.05) is 0 Å². The fraction of sp³-hybridized carbons (Fsp3) is 0.600. The minimum Gasteiger partial charge on any atom is -0.480 e. The molecule has 0 saturated carbocycles. The zero-order valence-electron chi connectivity index (χ0n) is 10.1. The topological polar surface area (TPSA) is 120 Å². The first kappa shape index (κ1) is 13.9. The van der Waals surface area contributed by atoms with Gasteiger partial charge in [-0.2, -0.15) is 5.10 Å². The van der Waals surface area contributed by atoms with Gasteiger partial charge in [0.15, 0.2) is 0 Å². The van der Waals surface area contributed by atoms with Gasteiger partial charge in [0.05, 0.1) is 6.54 Å². The van der Waals surface area contributed by atoms with Crippen LogP contribution in [0.15, 0.2) is 6.33 Å². The van der Waals surface area contributed by atoms with Crippen molar-refractivity contribution < 1.29 is 14.7 Å². The van der Waals surface area contributed by atoms with Gasteiger partial charge >= 0.3 is 12.0 Å². The number of carboxylic acid groups (broad SMARTS) is 1. The Kier molecular flexibility index (Phi) is 5.62. The number of rotatable bonds is 7. The molecule has 1 atom stereocenters. The molecular formula is C10H17N5O3. The molecule has 1 rings (SSSR count). The van der Waals surface area contributed by atoms with Gasteiger partial charge in [-0.15, -0.1) is 0 Å². The second-order valence-corrected chi connectivity index (χ2v) is 3.79. The highest BCUT2D eigenvalue weighted by Crippen LogP contribution is 2.00. The molecule has 0 bridgehead atoms. The van der Waals surface area contributed by atoms with Crippen LogP contribution in [0.5, 0.6) is 0 Å². The first-order valence-corrected chi connectivity index (χ1v) is 5.75. The molecule has 0 aromatic carbocycles. The smallest absolute Gasteiger partial charge is 0.326 e. The fourth-order valence-electron chi connectivity index (χ4n) is 1.35. The van der Waals surface area contributed by atoms with Crippen LogP contribution in [0.3, 0.4) is 0 Å². The van der Waals surface area contributed by atoms with Crippen LogP contribution in [-0.2, 0) is 11.3 Å². The van der Waals surface area contributed by atoms with Gasteiger partial charge in [-0.05, 0) is 6.42 Å². The van der Waals surface area contributed by atoms with E-state index in [-0.39, 0.29) is 6.54 Å². The fourth-order valence-corrected chi connectivity index (χ4v) is 1.35. The first-order chi connectivity index (χ1) is 8.63.